The van der Waals surface area contributed by atoms with E-state index < -0.39 is 12.3 Å². The van der Waals surface area contributed by atoms with Gasteiger partial charge in [-0.15, -0.1) is 0 Å². The third-order valence-electron chi connectivity index (χ3n) is 1.59. The number of hydrogen-bond acceptors (Lipinski definition) is 3. The van der Waals surface area contributed by atoms with Crippen molar-refractivity contribution < 1.29 is 17.9 Å². The Morgan fingerprint density at radius 2 is 2.13 bits per heavy atom. The fourth-order valence-corrected chi connectivity index (χ4v) is 1.12. The van der Waals surface area contributed by atoms with E-state index in [2.05, 4.69) is 25.7 Å². The molecule has 7 heteroatoms. The van der Waals surface area contributed by atoms with Gasteiger partial charge in [0, 0.05) is 10.7 Å². The van der Waals surface area contributed by atoms with E-state index in [1.807, 2.05) is 0 Å². The van der Waals surface area contributed by atoms with Crippen LogP contribution in [0.1, 0.15) is 6.92 Å². The number of hydrogen-bond donors (Lipinski definition) is 1. The molecule has 84 valence electrons. The topological polar surface area (TPSA) is 48.1 Å². The molecule has 0 aromatic carbocycles. The molecule has 0 aliphatic heterocycles. The van der Waals surface area contributed by atoms with Crippen LogP contribution in [0, 0.1) is 0 Å². The molecule has 1 unspecified atom stereocenters. The lowest BCUT2D eigenvalue weighted by Gasteiger charge is -2.17. The van der Waals surface area contributed by atoms with E-state index in [4.69, 9.17) is 5.73 Å². The van der Waals surface area contributed by atoms with Crippen molar-refractivity contribution in [3.63, 3.8) is 0 Å². The molecular weight excluding hydrogens is 277 g/mol. The highest BCUT2D eigenvalue weighted by molar-refractivity contribution is 9.10. The number of alkyl halides is 3. The van der Waals surface area contributed by atoms with Crippen molar-refractivity contribution >= 4 is 21.6 Å². The number of halogens is 4. The normalized spacial score (nSPS) is 13.7. The van der Waals surface area contributed by atoms with Crippen molar-refractivity contribution in [1.29, 1.82) is 0 Å². The monoisotopic (exact) mass is 284 g/mol. The van der Waals surface area contributed by atoms with Crippen molar-refractivity contribution in [2.45, 2.75) is 19.2 Å². The quantitative estimate of drug-likeness (QED) is 0.908. The zero-order valence-electron chi connectivity index (χ0n) is 7.68. The third kappa shape index (κ3) is 3.26. The first-order valence-corrected chi connectivity index (χ1v) is 4.74. The molecule has 1 rings (SSSR count). The van der Waals surface area contributed by atoms with Gasteiger partial charge in [-0.1, -0.05) is 0 Å². The second-order valence-corrected chi connectivity index (χ2v) is 3.77. The first-order chi connectivity index (χ1) is 6.80. The zero-order valence-corrected chi connectivity index (χ0v) is 9.26. The maximum absolute atomic E-state index is 12.1. The van der Waals surface area contributed by atoms with E-state index in [-0.39, 0.29) is 11.6 Å². The van der Waals surface area contributed by atoms with E-state index in [0.29, 0.717) is 4.47 Å². The number of pyridine rings is 1. The zero-order chi connectivity index (χ0) is 11.6. The molecule has 1 atom stereocenters. The summed E-state index contributed by atoms with van der Waals surface area (Å²) in [6, 6.07) is 1.42. The van der Waals surface area contributed by atoms with Crippen LogP contribution in [0.15, 0.2) is 16.7 Å². The average molecular weight is 285 g/mol. The molecule has 0 aliphatic carbocycles. The Morgan fingerprint density at radius 3 is 2.60 bits per heavy atom. The van der Waals surface area contributed by atoms with Crippen LogP contribution < -0.4 is 10.5 Å². The molecule has 0 saturated carbocycles. The van der Waals surface area contributed by atoms with Crippen molar-refractivity contribution in [2.24, 2.45) is 0 Å². The Morgan fingerprint density at radius 1 is 1.53 bits per heavy atom. The van der Waals surface area contributed by atoms with Gasteiger partial charge < -0.3 is 10.5 Å². The van der Waals surface area contributed by atoms with Crippen LogP contribution in [-0.2, 0) is 0 Å². The minimum Gasteiger partial charge on any atom is -0.464 e. The van der Waals surface area contributed by atoms with Crippen LogP contribution in [0.25, 0.3) is 0 Å². The largest absolute Gasteiger partial charge is 0.464 e. The maximum Gasteiger partial charge on any atom is 0.425 e. The molecule has 0 fully saturated rings. The average Bonchev–Trinajstić information content (AvgIpc) is 2.08. The predicted molar refractivity (Wildman–Crippen MR) is 52.5 cm³/mol. The number of nitrogens with two attached hydrogens (primary N) is 1. The van der Waals surface area contributed by atoms with Gasteiger partial charge >= 0.3 is 6.18 Å². The SMILES string of the molecule is CC(Oc1ncc(Br)cc1N)C(F)(F)F. The molecule has 0 bridgehead atoms. The fraction of sp³-hybridized carbons (Fsp3) is 0.375. The summed E-state index contributed by atoms with van der Waals surface area (Å²) in [5, 5.41) is 0. The van der Waals surface area contributed by atoms with Crippen LogP contribution in [0.2, 0.25) is 0 Å². The molecule has 15 heavy (non-hydrogen) atoms. The second kappa shape index (κ2) is 4.26. The summed E-state index contributed by atoms with van der Waals surface area (Å²) in [6.45, 7) is 0.892. The van der Waals surface area contributed by atoms with Crippen molar-refractivity contribution in [1.82, 2.24) is 4.98 Å². The molecule has 0 spiro atoms. The summed E-state index contributed by atoms with van der Waals surface area (Å²) in [4.78, 5) is 3.64. The first-order valence-electron chi connectivity index (χ1n) is 3.95. The van der Waals surface area contributed by atoms with Gasteiger partial charge in [-0.25, -0.2) is 4.98 Å². The Balaban J connectivity index is 2.82. The molecule has 3 nitrogen and oxygen atoms in total. The molecule has 0 aliphatic rings. The molecular formula is C8H8BrF3N2O. The molecule has 2 N–H and O–H groups in total. The lowest BCUT2D eigenvalue weighted by molar-refractivity contribution is -0.189. The molecule has 0 amide bonds. The summed E-state index contributed by atoms with van der Waals surface area (Å²) in [7, 11) is 0. The van der Waals surface area contributed by atoms with Gasteiger partial charge in [0.05, 0.1) is 5.69 Å². The van der Waals surface area contributed by atoms with Crippen molar-refractivity contribution in [3.05, 3.63) is 16.7 Å². The van der Waals surface area contributed by atoms with Gasteiger partial charge in [0.2, 0.25) is 5.88 Å². The highest BCUT2D eigenvalue weighted by Crippen LogP contribution is 2.28. The highest BCUT2D eigenvalue weighted by Gasteiger charge is 2.38. The van der Waals surface area contributed by atoms with Crippen LogP contribution in [0.5, 0.6) is 5.88 Å². The van der Waals surface area contributed by atoms with E-state index in [9.17, 15) is 13.2 Å². The van der Waals surface area contributed by atoms with Crippen LogP contribution in [-0.4, -0.2) is 17.3 Å². The minimum atomic E-state index is -4.43. The van der Waals surface area contributed by atoms with E-state index in [0.717, 1.165) is 6.92 Å². The molecule has 1 aromatic rings. The van der Waals surface area contributed by atoms with Gasteiger partial charge in [-0.05, 0) is 28.9 Å². The number of rotatable bonds is 2. The smallest absolute Gasteiger partial charge is 0.425 e. The summed E-state index contributed by atoms with van der Waals surface area (Å²) >= 11 is 3.08. The van der Waals surface area contributed by atoms with Gasteiger partial charge in [0.1, 0.15) is 0 Å². The molecule has 1 aromatic heterocycles. The number of aromatic nitrogens is 1. The first kappa shape index (κ1) is 12.1. The number of ether oxygens (including phenoxy) is 1. The van der Waals surface area contributed by atoms with Gasteiger partial charge in [-0.3, -0.25) is 0 Å². The van der Waals surface area contributed by atoms with Gasteiger partial charge in [0.25, 0.3) is 0 Å². The van der Waals surface area contributed by atoms with E-state index in [1.54, 1.807) is 0 Å². The Hall–Kier alpha value is -0.980. The number of nitrogen functional groups attached to an aromatic ring is 1. The van der Waals surface area contributed by atoms with Crippen LogP contribution >= 0.6 is 15.9 Å². The second-order valence-electron chi connectivity index (χ2n) is 2.85. The molecule has 0 radical (unpaired) electrons. The summed E-state index contributed by atoms with van der Waals surface area (Å²) in [6.07, 6.45) is -5.05. The van der Waals surface area contributed by atoms with E-state index >= 15 is 0 Å². The summed E-state index contributed by atoms with van der Waals surface area (Å²) in [5.74, 6) is -0.219. The van der Waals surface area contributed by atoms with Crippen molar-refractivity contribution in [3.8, 4) is 5.88 Å². The van der Waals surface area contributed by atoms with Crippen LogP contribution in [0.4, 0.5) is 18.9 Å². The summed E-state index contributed by atoms with van der Waals surface area (Å²) < 4.78 is 41.6. The van der Waals surface area contributed by atoms with Gasteiger partial charge in [0.15, 0.2) is 6.10 Å². The Labute approximate surface area is 92.6 Å². The fourth-order valence-electron chi connectivity index (χ4n) is 0.775. The van der Waals surface area contributed by atoms with Crippen LogP contribution in [0.3, 0.4) is 0 Å². The number of anilines is 1. The standard InChI is InChI=1S/C8H8BrF3N2O/c1-4(8(10,11)12)15-7-6(13)2-5(9)3-14-7/h2-4H,13H2,1H3. The van der Waals surface area contributed by atoms with E-state index in [1.165, 1.54) is 12.3 Å². The lowest BCUT2D eigenvalue weighted by Crippen LogP contribution is -2.31. The lowest BCUT2D eigenvalue weighted by atomic mass is 10.4. The Kier molecular flexibility index (Phi) is 3.43. The third-order valence-corrected chi connectivity index (χ3v) is 2.03. The molecule has 1 heterocycles. The van der Waals surface area contributed by atoms with Crippen molar-refractivity contribution in [2.75, 3.05) is 5.73 Å². The van der Waals surface area contributed by atoms with Gasteiger partial charge in [-0.2, -0.15) is 13.2 Å². The Bertz CT molecular complexity index is 356. The highest BCUT2D eigenvalue weighted by atomic mass is 79.9. The molecule has 0 saturated heterocycles. The minimum absolute atomic E-state index is 0.0560. The summed E-state index contributed by atoms with van der Waals surface area (Å²) in [5.41, 5.74) is 5.48. The number of nitrogens with zero attached hydrogens (tertiary/aromatic N) is 1. The predicted octanol–water partition coefficient (Wildman–Crippen LogP) is 2.76. The maximum atomic E-state index is 12.1.